The van der Waals surface area contributed by atoms with Gasteiger partial charge in [0, 0.05) is 13.0 Å². The van der Waals surface area contributed by atoms with Gasteiger partial charge in [-0.1, -0.05) is 12.1 Å². The molecule has 0 aliphatic heterocycles. The number of hydrogen-bond donors (Lipinski definition) is 3. The fourth-order valence-electron chi connectivity index (χ4n) is 1.97. The van der Waals surface area contributed by atoms with Crippen molar-refractivity contribution in [2.75, 3.05) is 6.54 Å². The molecule has 0 fully saturated rings. The van der Waals surface area contributed by atoms with Gasteiger partial charge in [0.2, 0.25) is 6.17 Å². The quantitative estimate of drug-likeness (QED) is 0.551. The van der Waals surface area contributed by atoms with E-state index >= 15 is 0 Å². The lowest BCUT2D eigenvalue weighted by Gasteiger charge is -2.11. The summed E-state index contributed by atoms with van der Waals surface area (Å²) in [6, 6.07) is 3.31. The number of carbonyl (C=O) groups excluding carboxylic acids is 1. The molecule has 0 radical (unpaired) electrons. The van der Waals surface area contributed by atoms with Crippen LogP contribution in [0.15, 0.2) is 29.1 Å². The van der Waals surface area contributed by atoms with Crippen LogP contribution in [0.1, 0.15) is 29.5 Å². The number of hydrogen-bond acceptors (Lipinski definition) is 3. The second-order valence-electron chi connectivity index (χ2n) is 5.00. The number of halogens is 4. The van der Waals surface area contributed by atoms with Crippen molar-refractivity contribution >= 4 is 5.91 Å². The monoisotopic (exact) mass is 346 g/mol. The Morgan fingerprint density at radius 1 is 1.25 bits per heavy atom. The Bertz CT molecular complexity index is 736. The number of benzene rings is 1. The molecule has 0 aliphatic rings. The summed E-state index contributed by atoms with van der Waals surface area (Å²) >= 11 is 0. The predicted molar refractivity (Wildman–Crippen MR) is 75.8 cm³/mol. The second kappa shape index (κ2) is 7.28. The largest absolute Gasteiger partial charge is 0.416 e. The van der Waals surface area contributed by atoms with Crippen LogP contribution in [0.4, 0.5) is 17.6 Å². The number of nitrogens with zero attached hydrogens (tertiary/aromatic N) is 1. The Kier molecular flexibility index (Phi) is 5.37. The average Bonchev–Trinajstić information content (AvgIpc) is 2.95. The average molecular weight is 346 g/mol. The highest BCUT2D eigenvalue weighted by atomic mass is 19.4. The minimum absolute atomic E-state index is 0.134. The van der Waals surface area contributed by atoms with E-state index in [0.29, 0.717) is 18.7 Å². The zero-order chi connectivity index (χ0) is 17.7. The first-order valence-electron chi connectivity index (χ1n) is 7.00. The Hall–Kier alpha value is -2.65. The second-order valence-corrected chi connectivity index (χ2v) is 5.00. The zero-order valence-corrected chi connectivity index (χ0v) is 12.3. The molecular weight excluding hydrogens is 332 g/mol. The van der Waals surface area contributed by atoms with Gasteiger partial charge in [-0.2, -0.15) is 18.3 Å². The standard InChI is InChI=1S/C14H14F4N4O2/c15-11(8-3-5-9(6-4-8)14(16,17)18)12(23)19-7-1-2-10-20-13(24)22-21-10/h3-6,11H,1-2,7H2,(H,19,23)(H2,20,21,22,24)/t11-/m0/s1. The summed E-state index contributed by atoms with van der Waals surface area (Å²) in [5.41, 5.74) is -1.51. The minimum atomic E-state index is -4.51. The van der Waals surface area contributed by atoms with E-state index in [9.17, 15) is 27.2 Å². The maximum atomic E-state index is 14.0. The Morgan fingerprint density at radius 2 is 1.92 bits per heavy atom. The third-order valence-electron chi connectivity index (χ3n) is 3.20. The summed E-state index contributed by atoms with van der Waals surface area (Å²) in [6.07, 6.45) is -5.79. The Morgan fingerprint density at radius 3 is 2.46 bits per heavy atom. The molecular formula is C14H14F4N4O2. The van der Waals surface area contributed by atoms with Gasteiger partial charge in [-0.05, 0) is 24.1 Å². The van der Waals surface area contributed by atoms with Crippen LogP contribution in [-0.4, -0.2) is 27.6 Å². The fraction of sp³-hybridized carbons (Fsp3) is 0.357. The van der Waals surface area contributed by atoms with Gasteiger partial charge in [0.05, 0.1) is 5.56 Å². The third kappa shape index (κ3) is 4.67. The van der Waals surface area contributed by atoms with Crippen molar-refractivity contribution in [2.45, 2.75) is 25.2 Å². The number of amides is 1. The number of aromatic amines is 2. The highest BCUT2D eigenvalue weighted by Crippen LogP contribution is 2.30. The molecule has 0 aliphatic carbocycles. The van der Waals surface area contributed by atoms with Crippen molar-refractivity contribution in [1.82, 2.24) is 20.5 Å². The van der Waals surface area contributed by atoms with Gasteiger partial charge in [-0.25, -0.2) is 14.3 Å². The molecule has 0 saturated heterocycles. The molecule has 0 unspecified atom stereocenters. The van der Waals surface area contributed by atoms with Gasteiger partial charge >= 0.3 is 11.9 Å². The Labute approximate surface area is 133 Å². The van der Waals surface area contributed by atoms with E-state index in [1.54, 1.807) is 0 Å². The molecule has 1 aromatic carbocycles. The summed E-state index contributed by atoms with van der Waals surface area (Å²) in [4.78, 5) is 24.9. The molecule has 0 spiro atoms. The van der Waals surface area contributed by atoms with E-state index < -0.39 is 29.5 Å². The van der Waals surface area contributed by atoms with Crippen LogP contribution in [0.3, 0.4) is 0 Å². The van der Waals surface area contributed by atoms with Crippen molar-refractivity contribution in [1.29, 1.82) is 0 Å². The van der Waals surface area contributed by atoms with Crippen molar-refractivity contribution in [3.05, 3.63) is 51.7 Å². The SMILES string of the molecule is O=C(NCCCc1n[nH]c(=O)[nH]1)[C@@H](F)c1ccc(C(F)(F)F)cc1. The summed E-state index contributed by atoms with van der Waals surface area (Å²) in [5.74, 6) is -0.529. The van der Waals surface area contributed by atoms with Crippen LogP contribution in [0.2, 0.25) is 0 Å². The summed E-state index contributed by atoms with van der Waals surface area (Å²) in [7, 11) is 0. The van der Waals surface area contributed by atoms with Gasteiger partial charge in [-0.15, -0.1) is 0 Å². The van der Waals surface area contributed by atoms with Crippen molar-refractivity contribution in [2.24, 2.45) is 0 Å². The first-order valence-corrected chi connectivity index (χ1v) is 7.00. The highest BCUT2D eigenvalue weighted by Gasteiger charge is 2.30. The van der Waals surface area contributed by atoms with E-state index in [4.69, 9.17) is 0 Å². The molecule has 6 nitrogen and oxygen atoms in total. The molecule has 24 heavy (non-hydrogen) atoms. The van der Waals surface area contributed by atoms with Gasteiger partial charge < -0.3 is 5.32 Å². The van der Waals surface area contributed by atoms with E-state index in [1.807, 2.05) is 0 Å². The lowest BCUT2D eigenvalue weighted by Crippen LogP contribution is -2.28. The third-order valence-corrected chi connectivity index (χ3v) is 3.20. The van der Waals surface area contributed by atoms with Gasteiger partial charge in [0.1, 0.15) is 5.82 Å². The molecule has 130 valence electrons. The van der Waals surface area contributed by atoms with E-state index in [-0.39, 0.29) is 12.1 Å². The van der Waals surface area contributed by atoms with Gasteiger partial charge in [0.25, 0.3) is 5.91 Å². The Balaban J connectivity index is 1.82. The lowest BCUT2D eigenvalue weighted by atomic mass is 10.1. The van der Waals surface area contributed by atoms with Crippen LogP contribution in [0.25, 0.3) is 0 Å². The molecule has 1 amide bonds. The van der Waals surface area contributed by atoms with Crippen LogP contribution >= 0.6 is 0 Å². The summed E-state index contributed by atoms with van der Waals surface area (Å²) in [6.45, 7) is 0.134. The summed E-state index contributed by atoms with van der Waals surface area (Å²) < 4.78 is 51.2. The topological polar surface area (TPSA) is 90.6 Å². The molecule has 0 saturated carbocycles. The number of rotatable bonds is 6. The fourth-order valence-corrected chi connectivity index (χ4v) is 1.97. The number of alkyl halides is 4. The molecule has 1 heterocycles. The number of nitrogens with one attached hydrogen (secondary N) is 3. The normalized spacial score (nSPS) is 12.8. The van der Waals surface area contributed by atoms with Crippen LogP contribution in [0, 0.1) is 0 Å². The van der Waals surface area contributed by atoms with Crippen LogP contribution in [0.5, 0.6) is 0 Å². The molecule has 0 bridgehead atoms. The van der Waals surface area contributed by atoms with Crippen molar-refractivity contribution in [3.63, 3.8) is 0 Å². The van der Waals surface area contributed by atoms with Crippen LogP contribution < -0.4 is 11.0 Å². The van der Waals surface area contributed by atoms with Crippen LogP contribution in [-0.2, 0) is 17.4 Å². The number of aromatic nitrogens is 3. The first kappa shape index (κ1) is 17.7. The zero-order valence-electron chi connectivity index (χ0n) is 12.3. The summed E-state index contributed by atoms with van der Waals surface area (Å²) in [5, 5.41) is 8.19. The molecule has 2 aromatic rings. The highest BCUT2D eigenvalue weighted by molar-refractivity contribution is 5.82. The van der Waals surface area contributed by atoms with Crippen molar-refractivity contribution < 1.29 is 22.4 Å². The van der Waals surface area contributed by atoms with Gasteiger partial charge in [-0.3, -0.25) is 9.78 Å². The maximum Gasteiger partial charge on any atom is 0.416 e. The number of carbonyl (C=O) groups is 1. The molecule has 10 heteroatoms. The van der Waals surface area contributed by atoms with Gasteiger partial charge in [0.15, 0.2) is 0 Å². The number of aryl methyl sites for hydroxylation is 1. The van der Waals surface area contributed by atoms with Crippen molar-refractivity contribution in [3.8, 4) is 0 Å². The maximum absolute atomic E-state index is 14.0. The van der Waals surface area contributed by atoms with E-state index in [1.165, 1.54) is 0 Å². The smallest absolute Gasteiger partial charge is 0.353 e. The molecule has 2 rings (SSSR count). The molecule has 1 atom stereocenters. The molecule has 3 N–H and O–H groups in total. The lowest BCUT2D eigenvalue weighted by molar-refractivity contribution is -0.137. The minimum Gasteiger partial charge on any atom is -0.353 e. The van der Waals surface area contributed by atoms with E-state index in [2.05, 4.69) is 20.5 Å². The number of H-pyrrole nitrogens is 2. The first-order chi connectivity index (χ1) is 11.3. The predicted octanol–water partition coefficient (Wildman–Crippen LogP) is 1.88. The molecule has 1 aromatic heterocycles. The van der Waals surface area contributed by atoms with E-state index in [0.717, 1.165) is 24.3 Å².